The van der Waals surface area contributed by atoms with Gasteiger partial charge in [-0.25, -0.2) is 0 Å². The summed E-state index contributed by atoms with van der Waals surface area (Å²) in [6.07, 6.45) is 4.02. The molecule has 26 heavy (non-hydrogen) atoms. The second-order valence-corrected chi connectivity index (χ2v) is 7.94. The molecule has 2 N–H and O–H groups in total. The Hall–Kier alpha value is -1.88. The van der Waals surface area contributed by atoms with E-state index in [4.69, 9.17) is 10.5 Å². The largest absolute Gasteiger partial charge is 0.377 e. The molecular formula is C21H30N2O3. The maximum Gasteiger partial charge on any atom is 0.226 e. The molecule has 5 heteroatoms. The van der Waals surface area contributed by atoms with Crippen molar-refractivity contribution in [3.63, 3.8) is 0 Å². The van der Waals surface area contributed by atoms with Crippen LogP contribution in [0.25, 0.3) is 0 Å². The lowest BCUT2D eigenvalue weighted by Crippen LogP contribution is -2.40. The zero-order valence-electron chi connectivity index (χ0n) is 15.9. The van der Waals surface area contributed by atoms with Gasteiger partial charge >= 0.3 is 0 Å². The van der Waals surface area contributed by atoms with E-state index in [1.54, 1.807) is 0 Å². The summed E-state index contributed by atoms with van der Waals surface area (Å²) in [5, 5.41) is 0. The highest BCUT2D eigenvalue weighted by molar-refractivity contribution is 5.79. The van der Waals surface area contributed by atoms with E-state index >= 15 is 0 Å². The molecule has 1 aromatic carbocycles. The molecule has 2 saturated heterocycles. The van der Waals surface area contributed by atoms with Crippen LogP contribution in [0.15, 0.2) is 18.2 Å². The van der Waals surface area contributed by atoms with Gasteiger partial charge in [-0.1, -0.05) is 29.3 Å². The van der Waals surface area contributed by atoms with Crippen molar-refractivity contribution >= 4 is 11.8 Å². The molecule has 2 amide bonds. The number of likely N-dealkylation sites (tertiary alicyclic amines) is 1. The van der Waals surface area contributed by atoms with Crippen molar-refractivity contribution in [1.82, 2.24) is 4.90 Å². The van der Waals surface area contributed by atoms with Crippen LogP contribution < -0.4 is 5.73 Å². The molecule has 2 fully saturated rings. The van der Waals surface area contributed by atoms with Gasteiger partial charge in [-0.15, -0.1) is 0 Å². The van der Waals surface area contributed by atoms with Crippen LogP contribution in [-0.4, -0.2) is 42.5 Å². The van der Waals surface area contributed by atoms with E-state index in [1.165, 1.54) is 11.1 Å². The van der Waals surface area contributed by atoms with Gasteiger partial charge in [0.15, 0.2) is 0 Å². The summed E-state index contributed by atoms with van der Waals surface area (Å²) in [6.45, 7) is 6.35. The van der Waals surface area contributed by atoms with E-state index in [-0.39, 0.29) is 23.8 Å². The number of ether oxygens (including phenoxy) is 1. The van der Waals surface area contributed by atoms with Crippen LogP contribution >= 0.6 is 0 Å². The number of nitrogens with two attached hydrogens (primary N) is 1. The molecule has 142 valence electrons. The van der Waals surface area contributed by atoms with Crippen LogP contribution in [0.1, 0.15) is 42.4 Å². The second-order valence-electron chi connectivity index (χ2n) is 7.94. The first-order valence-electron chi connectivity index (χ1n) is 9.68. The molecule has 5 nitrogen and oxygen atoms in total. The lowest BCUT2D eigenvalue weighted by molar-refractivity contribution is -0.132. The highest BCUT2D eigenvalue weighted by Crippen LogP contribution is 2.30. The highest BCUT2D eigenvalue weighted by Gasteiger charge is 2.35. The van der Waals surface area contributed by atoms with Gasteiger partial charge < -0.3 is 15.4 Å². The molecule has 2 aliphatic heterocycles. The third-order valence-electron chi connectivity index (χ3n) is 5.74. The summed E-state index contributed by atoms with van der Waals surface area (Å²) < 4.78 is 5.72. The number of benzene rings is 1. The Bertz CT molecular complexity index is 645. The van der Waals surface area contributed by atoms with Crippen molar-refractivity contribution in [2.24, 2.45) is 17.6 Å². The maximum absolute atomic E-state index is 12.6. The monoisotopic (exact) mass is 358 g/mol. The average Bonchev–Trinajstić information content (AvgIpc) is 3.03. The quantitative estimate of drug-likeness (QED) is 0.878. The molecule has 0 saturated carbocycles. The van der Waals surface area contributed by atoms with E-state index < -0.39 is 0 Å². The molecule has 0 unspecified atom stereocenters. The van der Waals surface area contributed by atoms with Crippen LogP contribution in [0.3, 0.4) is 0 Å². The molecule has 0 aliphatic carbocycles. The Balaban J connectivity index is 1.48. The molecule has 2 heterocycles. The first-order valence-corrected chi connectivity index (χ1v) is 9.68. The van der Waals surface area contributed by atoms with Crippen LogP contribution in [0.5, 0.6) is 0 Å². The molecule has 0 bridgehead atoms. The lowest BCUT2D eigenvalue weighted by atomic mass is 9.86. The summed E-state index contributed by atoms with van der Waals surface area (Å²) in [5.41, 5.74) is 8.98. The normalized spacial score (nSPS) is 24.0. The Morgan fingerprint density at radius 3 is 2.38 bits per heavy atom. The topological polar surface area (TPSA) is 72.6 Å². The molecule has 1 aromatic rings. The fourth-order valence-electron chi connectivity index (χ4n) is 4.41. The predicted octanol–water partition coefficient (Wildman–Crippen LogP) is 2.37. The SMILES string of the molecule is Cc1cc(C)cc(CC(=O)N2CCC(C[C@H]3OCC[C@H]3C(N)=O)CC2)c1. The molecule has 0 spiro atoms. The average molecular weight is 358 g/mol. The van der Waals surface area contributed by atoms with Crippen molar-refractivity contribution < 1.29 is 14.3 Å². The number of aryl methyl sites for hydroxylation is 2. The van der Waals surface area contributed by atoms with E-state index in [9.17, 15) is 9.59 Å². The number of hydrogen-bond acceptors (Lipinski definition) is 3. The smallest absolute Gasteiger partial charge is 0.226 e. The minimum atomic E-state index is -0.242. The van der Waals surface area contributed by atoms with Crippen molar-refractivity contribution in [3.8, 4) is 0 Å². The Labute approximate surface area is 155 Å². The summed E-state index contributed by atoms with van der Waals surface area (Å²) in [5.74, 6) is 0.332. The minimum absolute atomic E-state index is 0.0324. The molecule has 2 aliphatic rings. The van der Waals surface area contributed by atoms with Crippen LogP contribution in [0.4, 0.5) is 0 Å². The second kappa shape index (κ2) is 8.21. The van der Waals surface area contributed by atoms with Crippen LogP contribution in [0, 0.1) is 25.7 Å². The molecule has 2 atom stereocenters. The number of amides is 2. The van der Waals surface area contributed by atoms with E-state index in [0.717, 1.165) is 44.3 Å². The van der Waals surface area contributed by atoms with E-state index in [0.29, 0.717) is 18.9 Å². The molecule has 3 rings (SSSR count). The van der Waals surface area contributed by atoms with Gasteiger partial charge in [0.25, 0.3) is 0 Å². The van der Waals surface area contributed by atoms with Crippen molar-refractivity contribution in [2.45, 2.75) is 52.1 Å². The van der Waals surface area contributed by atoms with Crippen molar-refractivity contribution in [3.05, 3.63) is 34.9 Å². The Morgan fingerprint density at radius 1 is 1.12 bits per heavy atom. The number of carbonyl (C=O) groups is 2. The van der Waals surface area contributed by atoms with Gasteiger partial charge in [-0.2, -0.15) is 0 Å². The Kier molecular flexibility index (Phi) is 5.97. The zero-order valence-corrected chi connectivity index (χ0v) is 15.9. The summed E-state index contributed by atoms with van der Waals surface area (Å²) >= 11 is 0. The summed E-state index contributed by atoms with van der Waals surface area (Å²) in [4.78, 5) is 26.1. The van der Waals surface area contributed by atoms with E-state index in [1.807, 2.05) is 4.90 Å². The van der Waals surface area contributed by atoms with Crippen LogP contribution in [0.2, 0.25) is 0 Å². The van der Waals surface area contributed by atoms with Gasteiger partial charge in [-0.05, 0) is 51.0 Å². The third-order valence-corrected chi connectivity index (χ3v) is 5.74. The van der Waals surface area contributed by atoms with Gasteiger partial charge in [0, 0.05) is 19.7 Å². The Morgan fingerprint density at radius 2 is 1.77 bits per heavy atom. The molecule has 0 radical (unpaired) electrons. The van der Waals surface area contributed by atoms with Gasteiger partial charge in [-0.3, -0.25) is 9.59 Å². The first kappa shape index (κ1) is 18.9. The fraction of sp³-hybridized carbons (Fsp3) is 0.619. The third kappa shape index (κ3) is 4.64. The molecule has 0 aromatic heterocycles. The van der Waals surface area contributed by atoms with Crippen molar-refractivity contribution in [2.75, 3.05) is 19.7 Å². The van der Waals surface area contributed by atoms with Crippen LogP contribution in [-0.2, 0) is 20.7 Å². The van der Waals surface area contributed by atoms with Gasteiger partial charge in [0.1, 0.15) is 0 Å². The lowest BCUT2D eigenvalue weighted by Gasteiger charge is -2.33. The summed E-state index contributed by atoms with van der Waals surface area (Å²) in [6, 6.07) is 6.32. The van der Waals surface area contributed by atoms with Gasteiger partial charge in [0.05, 0.1) is 18.4 Å². The molecular weight excluding hydrogens is 328 g/mol. The predicted molar refractivity (Wildman–Crippen MR) is 101 cm³/mol. The number of hydrogen-bond donors (Lipinski definition) is 1. The summed E-state index contributed by atoms with van der Waals surface area (Å²) in [7, 11) is 0. The standard InChI is InChI=1S/C21H30N2O3/c1-14-9-15(2)11-17(10-14)13-20(24)23-6-3-16(4-7-23)12-19-18(21(22)25)5-8-26-19/h9-11,16,18-19H,3-8,12-13H2,1-2H3,(H2,22,25)/t18-,19-/m1/s1. The number of rotatable bonds is 5. The first-order chi connectivity index (χ1) is 12.4. The minimum Gasteiger partial charge on any atom is -0.377 e. The number of piperidine rings is 1. The maximum atomic E-state index is 12.6. The zero-order chi connectivity index (χ0) is 18.7. The highest BCUT2D eigenvalue weighted by atomic mass is 16.5. The number of carbonyl (C=O) groups excluding carboxylic acids is 2. The van der Waals surface area contributed by atoms with Crippen molar-refractivity contribution in [1.29, 1.82) is 0 Å². The number of nitrogens with zero attached hydrogens (tertiary/aromatic N) is 1. The number of primary amides is 1. The fourth-order valence-corrected chi connectivity index (χ4v) is 4.41. The van der Waals surface area contributed by atoms with E-state index in [2.05, 4.69) is 32.0 Å². The van der Waals surface area contributed by atoms with Gasteiger partial charge in [0.2, 0.25) is 11.8 Å².